The Morgan fingerprint density at radius 3 is 2.88 bits per heavy atom. The van der Waals surface area contributed by atoms with Gasteiger partial charge >= 0.3 is 5.97 Å². The summed E-state index contributed by atoms with van der Waals surface area (Å²) in [5, 5.41) is 11.9. The Kier molecular flexibility index (Phi) is 4.98. The standard InChI is InChI=1S/C11H18N2O3/c1-2-6-12-8-10(14)13-7-4-3-5-9(13)11(15)16/h2,9,12H,1,3-8H2,(H,15,16). The van der Waals surface area contributed by atoms with Crippen molar-refractivity contribution in [1.29, 1.82) is 0 Å². The van der Waals surface area contributed by atoms with E-state index in [0.717, 1.165) is 12.8 Å². The molecule has 5 nitrogen and oxygen atoms in total. The van der Waals surface area contributed by atoms with Crippen molar-refractivity contribution in [3.8, 4) is 0 Å². The van der Waals surface area contributed by atoms with E-state index < -0.39 is 12.0 Å². The summed E-state index contributed by atoms with van der Waals surface area (Å²) in [5.41, 5.74) is 0. The molecule has 1 amide bonds. The fourth-order valence-corrected chi connectivity index (χ4v) is 1.87. The first kappa shape index (κ1) is 12.7. The Labute approximate surface area is 95.1 Å². The van der Waals surface area contributed by atoms with Crippen LogP contribution < -0.4 is 5.32 Å². The highest BCUT2D eigenvalue weighted by Crippen LogP contribution is 2.16. The lowest BCUT2D eigenvalue weighted by atomic mass is 10.0. The molecule has 0 bridgehead atoms. The van der Waals surface area contributed by atoms with E-state index in [-0.39, 0.29) is 12.5 Å². The highest BCUT2D eigenvalue weighted by molar-refractivity contribution is 5.85. The molecule has 1 rings (SSSR count). The molecule has 5 heteroatoms. The van der Waals surface area contributed by atoms with Gasteiger partial charge in [-0.25, -0.2) is 4.79 Å². The highest BCUT2D eigenvalue weighted by Gasteiger charge is 2.31. The third-order valence-electron chi connectivity index (χ3n) is 2.67. The molecule has 0 spiro atoms. The summed E-state index contributed by atoms with van der Waals surface area (Å²) in [6, 6.07) is -0.646. The van der Waals surface area contributed by atoms with Gasteiger partial charge in [-0.15, -0.1) is 6.58 Å². The Hall–Kier alpha value is -1.36. The van der Waals surface area contributed by atoms with Crippen LogP contribution in [0.1, 0.15) is 19.3 Å². The smallest absolute Gasteiger partial charge is 0.326 e. The molecule has 0 aliphatic carbocycles. The van der Waals surface area contributed by atoms with E-state index in [2.05, 4.69) is 11.9 Å². The number of nitrogens with zero attached hydrogens (tertiary/aromatic N) is 1. The first-order chi connectivity index (χ1) is 7.66. The number of likely N-dealkylation sites (tertiary alicyclic amines) is 1. The van der Waals surface area contributed by atoms with Crippen LogP contribution in [-0.4, -0.2) is 47.6 Å². The molecule has 0 aromatic carbocycles. The number of amides is 1. The molecule has 0 radical (unpaired) electrons. The largest absolute Gasteiger partial charge is 0.480 e. The van der Waals surface area contributed by atoms with E-state index in [0.29, 0.717) is 19.5 Å². The average Bonchev–Trinajstić information content (AvgIpc) is 2.29. The summed E-state index contributed by atoms with van der Waals surface area (Å²) >= 11 is 0. The lowest BCUT2D eigenvalue weighted by Crippen LogP contribution is -2.50. The summed E-state index contributed by atoms with van der Waals surface area (Å²) in [7, 11) is 0. The molecule has 1 unspecified atom stereocenters. The first-order valence-corrected chi connectivity index (χ1v) is 5.50. The molecular formula is C11H18N2O3. The number of carboxylic acid groups (broad SMARTS) is 1. The second kappa shape index (κ2) is 6.27. The molecule has 90 valence electrons. The predicted molar refractivity (Wildman–Crippen MR) is 60.1 cm³/mol. The molecule has 2 N–H and O–H groups in total. The molecule has 0 aromatic rings. The molecule has 1 saturated heterocycles. The van der Waals surface area contributed by atoms with Crippen molar-refractivity contribution in [1.82, 2.24) is 10.2 Å². The average molecular weight is 226 g/mol. The van der Waals surface area contributed by atoms with Crippen molar-refractivity contribution >= 4 is 11.9 Å². The molecule has 16 heavy (non-hydrogen) atoms. The zero-order chi connectivity index (χ0) is 12.0. The van der Waals surface area contributed by atoms with Crippen LogP contribution in [0.3, 0.4) is 0 Å². The number of piperidine rings is 1. The zero-order valence-corrected chi connectivity index (χ0v) is 9.32. The molecule has 0 saturated carbocycles. The van der Waals surface area contributed by atoms with Crippen molar-refractivity contribution in [2.45, 2.75) is 25.3 Å². The number of nitrogens with one attached hydrogen (secondary N) is 1. The third kappa shape index (κ3) is 3.34. The predicted octanol–water partition coefficient (Wildman–Crippen LogP) is 0.228. The molecule has 1 aliphatic heterocycles. The molecule has 1 atom stereocenters. The molecule has 1 fully saturated rings. The van der Waals surface area contributed by atoms with Crippen molar-refractivity contribution in [2.75, 3.05) is 19.6 Å². The summed E-state index contributed by atoms with van der Waals surface area (Å²) in [6.45, 7) is 4.81. The maximum Gasteiger partial charge on any atom is 0.326 e. The molecule has 1 aliphatic rings. The summed E-state index contributed by atoms with van der Waals surface area (Å²) in [4.78, 5) is 24.2. The van der Waals surface area contributed by atoms with E-state index in [1.165, 1.54) is 4.90 Å². The minimum atomic E-state index is -0.906. The van der Waals surface area contributed by atoms with Gasteiger partial charge in [0.15, 0.2) is 0 Å². The SMILES string of the molecule is C=CCNCC(=O)N1CCCCC1C(=O)O. The fourth-order valence-electron chi connectivity index (χ4n) is 1.87. The number of carbonyl (C=O) groups is 2. The Balaban J connectivity index is 2.50. The Bertz CT molecular complexity index is 278. The van der Waals surface area contributed by atoms with Gasteiger partial charge in [0.05, 0.1) is 6.54 Å². The number of hydrogen-bond acceptors (Lipinski definition) is 3. The van der Waals surface area contributed by atoms with Crippen LogP contribution in [0.4, 0.5) is 0 Å². The van der Waals surface area contributed by atoms with Crippen molar-refractivity contribution in [3.05, 3.63) is 12.7 Å². The van der Waals surface area contributed by atoms with E-state index in [1.807, 2.05) is 0 Å². The van der Waals surface area contributed by atoms with Crippen LogP contribution in [-0.2, 0) is 9.59 Å². The summed E-state index contributed by atoms with van der Waals surface area (Å²) in [6.07, 6.45) is 3.98. The summed E-state index contributed by atoms with van der Waals surface area (Å²) < 4.78 is 0. The third-order valence-corrected chi connectivity index (χ3v) is 2.67. The van der Waals surface area contributed by atoms with E-state index in [4.69, 9.17) is 5.11 Å². The van der Waals surface area contributed by atoms with Crippen LogP contribution >= 0.6 is 0 Å². The second-order valence-electron chi connectivity index (χ2n) is 3.86. The van der Waals surface area contributed by atoms with E-state index in [9.17, 15) is 9.59 Å². The minimum Gasteiger partial charge on any atom is -0.480 e. The van der Waals surface area contributed by atoms with E-state index >= 15 is 0 Å². The van der Waals surface area contributed by atoms with Crippen molar-refractivity contribution in [2.24, 2.45) is 0 Å². The van der Waals surface area contributed by atoms with Gasteiger partial charge in [0.25, 0.3) is 0 Å². The fraction of sp³-hybridized carbons (Fsp3) is 0.636. The number of carbonyl (C=O) groups excluding carboxylic acids is 1. The second-order valence-corrected chi connectivity index (χ2v) is 3.86. The lowest BCUT2D eigenvalue weighted by Gasteiger charge is -2.33. The Morgan fingerprint density at radius 2 is 2.25 bits per heavy atom. The first-order valence-electron chi connectivity index (χ1n) is 5.50. The number of rotatable bonds is 5. The number of carboxylic acids is 1. The minimum absolute atomic E-state index is 0.144. The van der Waals surface area contributed by atoms with Gasteiger partial charge in [-0.2, -0.15) is 0 Å². The Morgan fingerprint density at radius 1 is 1.50 bits per heavy atom. The molecule has 0 aromatic heterocycles. The van der Waals surface area contributed by atoms with Gasteiger partial charge in [0.1, 0.15) is 6.04 Å². The number of aliphatic carboxylic acids is 1. The molecular weight excluding hydrogens is 208 g/mol. The van der Waals surface area contributed by atoms with Gasteiger partial charge < -0.3 is 15.3 Å². The van der Waals surface area contributed by atoms with Crippen LogP contribution in [0.2, 0.25) is 0 Å². The maximum atomic E-state index is 11.8. The number of hydrogen-bond donors (Lipinski definition) is 2. The quantitative estimate of drug-likeness (QED) is 0.520. The summed E-state index contributed by atoms with van der Waals surface area (Å²) in [5.74, 6) is -1.05. The van der Waals surface area contributed by atoms with Crippen LogP contribution in [0.15, 0.2) is 12.7 Å². The zero-order valence-electron chi connectivity index (χ0n) is 9.32. The topological polar surface area (TPSA) is 69.6 Å². The molecule has 1 heterocycles. The van der Waals surface area contributed by atoms with Crippen molar-refractivity contribution in [3.63, 3.8) is 0 Å². The van der Waals surface area contributed by atoms with Crippen LogP contribution in [0.25, 0.3) is 0 Å². The van der Waals surface area contributed by atoms with E-state index in [1.54, 1.807) is 6.08 Å². The highest BCUT2D eigenvalue weighted by atomic mass is 16.4. The normalized spacial score (nSPS) is 20.5. The monoisotopic (exact) mass is 226 g/mol. The van der Waals surface area contributed by atoms with Gasteiger partial charge in [0, 0.05) is 13.1 Å². The maximum absolute atomic E-state index is 11.8. The lowest BCUT2D eigenvalue weighted by molar-refractivity contribution is -0.151. The van der Waals surface area contributed by atoms with Gasteiger partial charge in [-0.3, -0.25) is 4.79 Å². The van der Waals surface area contributed by atoms with Gasteiger partial charge in [-0.05, 0) is 19.3 Å². The van der Waals surface area contributed by atoms with Gasteiger partial charge in [0.2, 0.25) is 5.91 Å². The van der Waals surface area contributed by atoms with Crippen LogP contribution in [0, 0.1) is 0 Å². The van der Waals surface area contributed by atoms with Crippen molar-refractivity contribution < 1.29 is 14.7 Å². The van der Waals surface area contributed by atoms with Crippen LogP contribution in [0.5, 0.6) is 0 Å². The van der Waals surface area contributed by atoms with Gasteiger partial charge in [-0.1, -0.05) is 6.08 Å².